The van der Waals surface area contributed by atoms with Crippen molar-refractivity contribution in [2.75, 3.05) is 26.3 Å². The van der Waals surface area contributed by atoms with Gasteiger partial charge in [0.15, 0.2) is 6.29 Å². The van der Waals surface area contributed by atoms with E-state index in [0.29, 0.717) is 6.04 Å². The molecule has 0 amide bonds. The van der Waals surface area contributed by atoms with E-state index in [1.165, 1.54) is 64.5 Å². The second kappa shape index (κ2) is 9.81. The predicted octanol–water partition coefficient (Wildman–Crippen LogP) is 4.21. The highest BCUT2D eigenvalue weighted by molar-refractivity contribution is 4.80. The van der Waals surface area contributed by atoms with Crippen LogP contribution in [-0.2, 0) is 9.47 Å². The van der Waals surface area contributed by atoms with Crippen molar-refractivity contribution in [3.63, 3.8) is 0 Å². The molecule has 3 heteroatoms. The fraction of sp³-hybridized carbons (Fsp3) is 1.00. The van der Waals surface area contributed by atoms with Crippen LogP contribution in [0, 0.1) is 5.92 Å². The van der Waals surface area contributed by atoms with E-state index < -0.39 is 0 Å². The number of likely N-dealkylation sites (tertiary alicyclic amines) is 1. The van der Waals surface area contributed by atoms with Crippen molar-refractivity contribution in [2.45, 2.75) is 84.0 Å². The van der Waals surface area contributed by atoms with Gasteiger partial charge in [-0.05, 0) is 44.7 Å². The quantitative estimate of drug-likeness (QED) is 0.626. The lowest BCUT2D eigenvalue weighted by Gasteiger charge is -2.40. The first-order valence-corrected chi connectivity index (χ1v) is 9.30. The van der Waals surface area contributed by atoms with Gasteiger partial charge in [-0.15, -0.1) is 0 Å². The molecular weight excluding hydrogens is 262 g/mol. The van der Waals surface area contributed by atoms with Gasteiger partial charge in [0.1, 0.15) is 0 Å². The fourth-order valence-corrected chi connectivity index (χ4v) is 3.57. The van der Waals surface area contributed by atoms with Crippen LogP contribution in [0.1, 0.15) is 71.6 Å². The molecule has 0 aromatic heterocycles. The van der Waals surface area contributed by atoms with Crippen molar-refractivity contribution in [2.24, 2.45) is 5.92 Å². The summed E-state index contributed by atoms with van der Waals surface area (Å²) >= 11 is 0. The number of unbranched alkanes of at least 4 members (excludes halogenated alkanes) is 3. The molecule has 0 unspecified atom stereocenters. The lowest BCUT2D eigenvalue weighted by atomic mass is 9.91. The van der Waals surface area contributed by atoms with Crippen LogP contribution in [-0.4, -0.2) is 43.5 Å². The van der Waals surface area contributed by atoms with E-state index in [4.69, 9.17) is 9.47 Å². The topological polar surface area (TPSA) is 21.7 Å². The standard InChI is InChI=1S/C18H35NO2/c1-3-5-7-9-18-20-14-17(15-21-18)19-12-10-16(11-13-19)8-6-4-2/h16-18H,3-15H2,1-2H3. The van der Waals surface area contributed by atoms with Crippen LogP contribution in [0.5, 0.6) is 0 Å². The van der Waals surface area contributed by atoms with E-state index in [0.717, 1.165) is 25.6 Å². The first kappa shape index (κ1) is 17.2. The molecule has 0 saturated carbocycles. The third-order valence-corrected chi connectivity index (χ3v) is 5.12. The van der Waals surface area contributed by atoms with Gasteiger partial charge >= 0.3 is 0 Å². The molecule has 0 aromatic rings. The van der Waals surface area contributed by atoms with Crippen LogP contribution in [0.15, 0.2) is 0 Å². The molecule has 0 N–H and O–H groups in total. The zero-order valence-electron chi connectivity index (χ0n) is 14.2. The van der Waals surface area contributed by atoms with Gasteiger partial charge in [-0.25, -0.2) is 0 Å². The fourth-order valence-electron chi connectivity index (χ4n) is 3.57. The Morgan fingerprint density at radius 2 is 1.52 bits per heavy atom. The maximum absolute atomic E-state index is 5.92. The van der Waals surface area contributed by atoms with Crippen LogP contribution >= 0.6 is 0 Å². The summed E-state index contributed by atoms with van der Waals surface area (Å²) in [6, 6.07) is 0.500. The minimum absolute atomic E-state index is 0.0647. The number of ether oxygens (including phenoxy) is 2. The Labute approximate surface area is 131 Å². The molecular formula is C18H35NO2. The summed E-state index contributed by atoms with van der Waals surface area (Å²) in [6.07, 6.45) is 11.8. The molecule has 2 heterocycles. The molecule has 0 radical (unpaired) electrons. The number of rotatable bonds is 8. The Morgan fingerprint density at radius 3 is 2.14 bits per heavy atom. The smallest absolute Gasteiger partial charge is 0.157 e. The summed E-state index contributed by atoms with van der Waals surface area (Å²) < 4.78 is 11.8. The summed E-state index contributed by atoms with van der Waals surface area (Å²) in [5.74, 6) is 0.966. The van der Waals surface area contributed by atoms with E-state index in [-0.39, 0.29) is 6.29 Å². The minimum Gasteiger partial charge on any atom is -0.351 e. The highest BCUT2D eigenvalue weighted by atomic mass is 16.7. The van der Waals surface area contributed by atoms with Crippen LogP contribution in [0.4, 0.5) is 0 Å². The first-order valence-electron chi connectivity index (χ1n) is 9.30. The van der Waals surface area contributed by atoms with Gasteiger partial charge in [0.25, 0.3) is 0 Å². The molecule has 3 nitrogen and oxygen atoms in total. The zero-order chi connectivity index (χ0) is 14.9. The van der Waals surface area contributed by atoms with Crippen molar-refractivity contribution < 1.29 is 9.47 Å². The molecule has 2 fully saturated rings. The Kier molecular flexibility index (Phi) is 8.05. The van der Waals surface area contributed by atoms with Crippen LogP contribution < -0.4 is 0 Å². The summed E-state index contributed by atoms with van der Waals surface area (Å²) in [7, 11) is 0. The van der Waals surface area contributed by atoms with Crippen LogP contribution in [0.3, 0.4) is 0 Å². The van der Waals surface area contributed by atoms with Gasteiger partial charge in [0.05, 0.1) is 19.3 Å². The second-order valence-electron chi connectivity index (χ2n) is 6.87. The number of nitrogens with zero attached hydrogens (tertiary/aromatic N) is 1. The summed E-state index contributed by atoms with van der Waals surface area (Å²) in [5, 5.41) is 0. The minimum atomic E-state index is 0.0647. The molecule has 0 atom stereocenters. The molecule has 2 rings (SSSR count). The molecule has 0 aliphatic carbocycles. The summed E-state index contributed by atoms with van der Waals surface area (Å²) in [4.78, 5) is 2.60. The normalized spacial score (nSPS) is 28.9. The Balaban J connectivity index is 1.60. The highest BCUT2D eigenvalue weighted by Gasteiger charge is 2.29. The predicted molar refractivity (Wildman–Crippen MR) is 87.4 cm³/mol. The second-order valence-corrected chi connectivity index (χ2v) is 6.87. The van der Waals surface area contributed by atoms with E-state index in [9.17, 15) is 0 Å². The van der Waals surface area contributed by atoms with Crippen LogP contribution in [0.2, 0.25) is 0 Å². The van der Waals surface area contributed by atoms with E-state index >= 15 is 0 Å². The Hall–Kier alpha value is -0.120. The molecule has 2 aliphatic rings. The van der Waals surface area contributed by atoms with Crippen LogP contribution in [0.25, 0.3) is 0 Å². The number of piperidine rings is 1. The van der Waals surface area contributed by atoms with Gasteiger partial charge in [0, 0.05) is 0 Å². The molecule has 124 valence electrons. The van der Waals surface area contributed by atoms with Crippen molar-refractivity contribution in [1.82, 2.24) is 4.90 Å². The van der Waals surface area contributed by atoms with Crippen molar-refractivity contribution in [3.05, 3.63) is 0 Å². The number of hydrogen-bond acceptors (Lipinski definition) is 3. The lowest BCUT2D eigenvalue weighted by Crippen LogP contribution is -2.50. The molecule has 2 saturated heterocycles. The lowest BCUT2D eigenvalue weighted by molar-refractivity contribution is -0.209. The van der Waals surface area contributed by atoms with Crippen molar-refractivity contribution in [1.29, 1.82) is 0 Å². The highest BCUT2D eigenvalue weighted by Crippen LogP contribution is 2.25. The van der Waals surface area contributed by atoms with Crippen molar-refractivity contribution in [3.8, 4) is 0 Å². The maximum Gasteiger partial charge on any atom is 0.157 e. The van der Waals surface area contributed by atoms with Crippen molar-refractivity contribution >= 4 is 0 Å². The average molecular weight is 297 g/mol. The number of hydrogen-bond donors (Lipinski definition) is 0. The monoisotopic (exact) mass is 297 g/mol. The molecule has 0 spiro atoms. The Morgan fingerprint density at radius 1 is 0.857 bits per heavy atom. The van der Waals surface area contributed by atoms with E-state index in [1.807, 2.05) is 0 Å². The maximum atomic E-state index is 5.92. The molecule has 2 aliphatic heterocycles. The van der Waals surface area contributed by atoms with Gasteiger partial charge < -0.3 is 9.47 Å². The van der Waals surface area contributed by atoms with Gasteiger partial charge in [-0.2, -0.15) is 0 Å². The SMILES string of the molecule is CCCCCC1OCC(N2CCC(CCCC)CC2)CO1. The Bertz CT molecular complexity index is 256. The van der Waals surface area contributed by atoms with Gasteiger partial charge in [-0.3, -0.25) is 4.90 Å². The molecule has 0 bridgehead atoms. The zero-order valence-corrected chi connectivity index (χ0v) is 14.2. The summed E-state index contributed by atoms with van der Waals surface area (Å²) in [5.41, 5.74) is 0. The largest absolute Gasteiger partial charge is 0.351 e. The van der Waals surface area contributed by atoms with Gasteiger partial charge in [0.2, 0.25) is 0 Å². The van der Waals surface area contributed by atoms with E-state index in [2.05, 4.69) is 18.7 Å². The van der Waals surface area contributed by atoms with E-state index in [1.54, 1.807) is 0 Å². The van der Waals surface area contributed by atoms with Gasteiger partial charge in [-0.1, -0.05) is 46.0 Å². The first-order chi connectivity index (χ1) is 10.3. The average Bonchev–Trinajstić information content (AvgIpc) is 2.54. The molecule has 21 heavy (non-hydrogen) atoms. The molecule has 0 aromatic carbocycles. The third kappa shape index (κ3) is 5.88. The summed E-state index contributed by atoms with van der Waals surface area (Å²) in [6.45, 7) is 8.76. The third-order valence-electron chi connectivity index (χ3n) is 5.12.